The molecule has 2 aromatic rings. The van der Waals surface area contributed by atoms with Crippen LogP contribution in [0.4, 0.5) is 4.79 Å². The number of hydrogen-bond acceptors (Lipinski definition) is 4. The molecule has 174 valence electrons. The SMILES string of the molecule is C/C(=C\CNC(=O)OCC1c2ccccc2-c2ccccc21)C(=O)N[C@@H](CC(=O)O)C(C)C. The summed E-state index contributed by atoms with van der Waals surface area (Å²) in [7, 11) is 0. The number of rotatable bonds is 9. The van der Waals surface area contributed by atoms with Crippen molar-refractivity contribution >= 4 is 18.0 Å². The van der Waals surface area contributed by atoms with E-state index in [1.165, 1.54) is 0 Å². The smallest absolute Gasteiger partial charge is 0.407 e. The molecule has 0 radical (unpaired) electrons. The molecular weight excluding hydrogens is 420 g/mol. The standard InChI is InChI=1S/C26H30N2O5/c1-16(2)23(14-24(29)30)28-25(31)17(3)12-13-27-26(32)33-15-22-20-10-6-4-8-18(20)19-9-5-7-11-21(19)22/h4-12,16,22-23H,13-15H2,1-3H3,(H,27,32)(H,28,31)(H,29,30)/b17-12+/t23-/m0/s1. The van der Waals surface area contributed by atoms with Crippen LogP contribution < -0.4 is 10.6 Å². The Morgan fingerprint density at radius 3 is 2.15 bits per heavy atom. The van der Waals surface area contributed by atoms with Crippen LogP contribution in [0.1, 0.15) is 44.2 Å². The number of carboxylic acids is 1. The highest BCUT2D eigenvalue weighted by Crippen LogP contribution is 2.44. The van der Waals surface area contributed by atoms with Gasteiger partial charge in [0, 0.05) is 24.1 Å². The van der Waals surface area contributed by atoms with Crippen LogP contribution in [0.5, 0.6) is 0 Å². The molecule has 7 nitrogen and oxygen atoms in total. The van der Waals surface area contributed by atoms with E-state index in [0.29, 0.717) is 5.57 Å². The van der Waals surface area contributed by atoms with E-state index in [9.17, 15) is 14.4 Å². The van der Waals surface area contributed by atoms with Gasteiger partial charge in [-0.25, -0.2) is 4.79 Å². The van der Waals surface area contributed by atoms with Crippen LogP contribution in [0, 0.1) is 5.92 Å². The Bertz CT molecular complexity index is 1010. The third-order valence-electron chi connectivity index (χ3n) is 5.87. The lowest BCUT2D eigenvalue weighted by Gasteiger charge is -2.20. The first kappa shape index (κ1) is 24.0. The number of benzene rings is 2. The first-order valence-corrected chi connectivity index (χ1v) is 11.1. The monoisotopic (exact) mass is 450 g/mol. The largest absolute Gasteiger partial charge is 0.481 e. The molecule has 1 aliphatic carbocycles. The molecule has 1 atom stereocenters. The molecular formula is C26H30N2O5. The van der Waals surface area contributed by atoms with E-state index >= 15 is 0 Å². The Morgan fingerprint density at radius 1 is 1.03 bits per heavy atom. The van der Waals surface area contributed by atoms with E-state index in [2.05, 4.69) is 34.9 Å². The maximum atomic E-state index is 12.3. The third-order valence-corrected chi connectivity index (χ3v) is 5.87. The predicted octanol–water partition coefficient (Wildman–Crippen LogP) is 4.09. The molecule has 33 heavy (non-hydrogen) atoms. The molecule has 1 aliphatic rings. The summed E-state index contributed by atoms with van der Waals surface area (Å²) in [5.41, 5.74) is 4.99. The highest BCUT2D eigenvalue weighted by Gasteiger charge is 2.29. The molecule has 0 saturated heterocycles. The molecule has 2 aromatic carbocycles. The van der Waals surface area contributed by atoms with Crippen LogP contribution in [0.3, 0.4) is 0 Å². The van der Waals surface area contributed by atoms with Crippen molar-refractivity contribution in [3.8, 4) is 11.1 Å². The van der Waals surface area contributed by atoms with E-state index < -0.39 is 18.1 Å². The Morgan fingerprint density at radius 2 is 1.61 bits per heavy atom. The van der Waals surface area contributed by atoms with Crippen molar-refractivity contribution in [2.24, 2.45) is 5.92 Å². The lowest BCUT2D eigenvalue weighted by molar-refractivity contribution is -0.138. The molecule has 3 N–H and O–H groups in total. The van der Waals surface area contributed by atoms with E-state index in [1.54, 1.807) is 13.0 Å². The maximum Gasteiger partial charge on any atom is 0.407 e. The van der Waals surface area contributed by atoms with Crippen LogP contribution >= 0.6 is 0 Å². The van der Waals surface area contributed by atoms with Gasteiger partial charge in [0.15, 0.2) is 0 Å². The topological polar surface area (TPSA) is 105 Å². The number of carboxylic acid groups (broad SMARTS) is 1. The first-order valence-electron chi connectivity index (χ1n) is 11.1. The van der Waals surface area contributed by atoms with Crippen molar-refractivity contribution in [1.29, 1.82) is 0 Å². The van der Waals surface area contributed by atoms with Gasteiger partial charge in [-0.15, -0.1) is 0 Å². The molecule has 0 spiro atoms. The minimum absolute atomic E-state index is 0.0169. The van der Waals surface area contributed by atoms with Gasteiger partial charge in [-0.1, -0.05) is 68.5 Å². The molecule has 0 bridgehead atoms. The highest BCUT2D eigenvalue weighted by atomic mass is 16.5. The van der Waals surface area contributed by atoms with E-state index in [1.807, 2.05) is 38.1 Å². The highest BCUT2D eigenvalue weighted by molar-refractivity contribution is 5.93. The molecule has 0 heterocycles. The molecule has 0 unspecified atom stereocenters. The fourth-order valence-corrected chi connectivity index (χ4v) is 3.95. The molecule has 7 heteroatoms. The first-order chi connectivity index (χ1) is 15.8. The van der Waals surface area contributed by atoms with Crippen molar-refractivity contribution in [3.63, 3.8) is 0 Å². The fourth-order valence-electron chi connectivity index (χ4n) is 3.95. The normalized spacial score (nSPS) is 13.8. The lowest BCUT2D eigenvalue weighted by Crippen LogP contribution is -2.40. The van der Waals surface area contributed by atoms with Crippen LogP contribution in [-0.4, -0.2) is 42.3 Å². The maximum absolute atomic E-state index is 12.3. The molecule has 0 aromatic heterocycles. The van der Waals surface area contributed by atoms with Crippen molar-refractivity contribution in [3.05, 3.63) is 71.3 Å². The second-order valence-electron chi connectivity index (χ2n) is 8.52. The Hall–Kier alpha value is -3.61. The van der Waals surface area contributed by atoms with Crippen LogP contribution in [-0.2, 0) is 14.3 Å². The van der Waals surface area contributed by atoms with Gasteiger partial charge in [0.2, 0.25) is 5.91 Å². The number of amides is 2. The van der Waals surface area contributed by atoms with Gasteiger partial charge in [0.25, 0.3) is 0 Å². The summed E-state index contributed by atoms with van der Waals surface area (Å²) in [5.74, 6) is -1.36. The van der Waals surface area contributed by atoms with E-state index in [-0.39, 0.29) is 37.3 Å². The Balaban J connectivity index is 1.51. The number of hydrogen-bond donors (Lipinski definition) is 3. The number of nitrogens with one attached hydrogen (secondary N) is 2. The number of alkyl carbamates (subject to hydrolysis) is 1. The predicted molar refractivity (Wildman–Crippen MR) is 126 cm³/mol. The minimum Gasteiger partial charge on any atom is -0.481 e. The molecule has 0 fully saturated rings. The molecule has 0 saturated carbocycles. The second-order valence-corrected chi connectivity index (χ2v) is 8.52. The van der Waals surface area contributed by atoms with Crippen molar-refractivity contribution < 1.29 is 24.2 Å². The minimum atomic E-state index is -0.965. The number of fused-ring (bicyclic) bond motifs is 3. The summed E-state index contributed by atoms with van der Waals surface area (Å²) in [4.78, 5) is 35.5. The molecule has 2 amide bonds. The van der Waals surface area contributed by atoms with Gasteiger partial charge >= 0.3 is 12.1 Å². The van der Waals surface area contributed by atoms with Crippen molar-refractivity contribution in [2.75, 3.05) is 13.2 Å². The Kier molecular flexibility index (Phi) is 7.87. The number of aliphatic carboxylic acids is 1. The van der Waals surface area contributed by atoms with Crippen molar-refractivity contribution in [1.82, 2.24) is 10.6 Å². The van der Waals surface area contributed by atoms with Gasteiger partial charge in [-0.2, -0.15) is 0 Å². The summed E-state index contributed by atoms with van der Waals surface area (Å²) in [6, 6.07) is 15.8. The molecule has 0 aliphatic heterocycles. The fraction of sp³-hybridized carbons (Fsp3) is 0.346. The number of carbonyl (C=O) groups is 3. The summed E-state index contributed by atoms with van der Waals surface area (Å²) in [6.07, 6.45) is 0.871. The average molecular weight is 451 g/mol. The van der Waals surface area contributed by atoms with Gasteiger partial charge in [-0.05, 0) is 35.1 Å². The number of carbonyl (C=O) groups excluding carboxylic acids is 2. The quantitative estimate of drug-likeness (QED) is 0.499. The Labute approximate surface area is 193 Å². The summed E-state index contributed by atoms with van der Waals surface area (Å²) in [5, 5.41) is 14.4. The zero-order chi connectivity index (χ0) is 24.0. The van der Waals surface area contributed by atoms with Gasteiger partial charge < -0.3 is 20.5 Å². The summed E-state index contributed by atoms with van der Waals surface area (Å²) < 4.78 is 5.48. The van der Waals surface area contributed by atoms with Crippen LogP contribution in [0.15, 0.2) is 60.2 Å². The van der Waals surface area contributed by atoms with Gasteiger partial charge in [0.05, 0.1) is 6.42 Å². The molecule has 3 rings (SSSR count). The van der Waals surface area contributed by atoms with Gasteiger partial charge in [-0.3, -0.25) is 9.59 Å². The van der Waals surface area contributed by atoms with Crippen molar-refractivity contribution in [2.45, 2.75) is 39.2 Å². The number of ether oxygens (including phenoxy) is 1. The van der Waals surface area contributed by atoms with Crippen LogP contribution in [0.2, 0.25) is 0 Å². The van der Waals surface area contributed by atoms with E-state index in [0.717, 1.165) is 22.3 Å². The average Bonchev–Trinajstić information content (AvgIpc) is 3.10. The third kappa shape index (κ3) is 6.00. The second kappa shape index (κ2) is 10.8. The zero-order valence-electron chi connectivity index (χ0n) is 19.1. The summed E-state index contributed by atoms with van der Waals surface area (Å²) >= 11 is 0. The van der Waals surface area contributed by atoms with Gasteiger partial charge in [0.1, 0.15) is 6.61 Å². The van der Waals surface area contributed by atoms with Crippen LogP contribution in [0.25, 0.3) is 11.1 Å². The summed E-state index contributed by atoms with van der Waals surface area (Å²) in [6.45, 7) is 5.67. The van der Waals surface area contributed by atoms with E-state index in [4.69, 9.17) is 9.84 Å². The lowest BCUT2D eigenvalue weighted by atomic mass is 9.98. The zero-order valence-corrected chi connectivity index (χ0v) is 19.1.